The zero-order valence-corrected chi connectivity index (χ0v) is 12.0. The summed E-state index contributed by atoms with van der Waals surface area (Å²) in [4.78, 5) is 9.29. The van der Waals surface area contributed by atoms with Crippen LogP contribution in [0.15, 0.2) is 12.1 Å². The highest BCUT2D eigenvalue weighted by atomic mass is 16.4. The van der Waals surface area contributed by atoms with Crippen molar-refractivity contribution in [1.82, 2.24) is 0 Å². The van der Waals surface area contributed by atoms with E-state index in [1.807, 2.05) is 41.5 Å². The van der Waals surface area contributed by atoms with Gasteiger partial charge in [-0.3, -0.25) is 0 Å². The van der Waals surface area contributed by atoms with Crippen LogP contribution in [0, 0.1) is 0 Å². The monoisotopic (exact) mass is 251 g/mol. The van der Waals surface area contributed by atoms with Crippen molar-refractivity contribution in [3.63, 3.8) is 0 Å². The van der Waals surface area contributed by atoms with E-state index in [0.29, 0.717) is 16.7 Å². The molecule has 0 heterocycles. The van der Waals surface area contributed by atoms with Gasteiger partial charge in [0.2, 0.25) is 0 Å². The number of carboxylic acid groups (broad SMARTS) is 1. The Hall–Kier alpha value is -1.51. The molecule has 0 atom stereocenters. The summed E-state index contributed by atoms with van der Waals surface area (Å²) >= 11 is 0. The summed E-state index contributed by atoms with van der Waals surface area (Å²) in [6.45, 7) is 11.9. The first kappa shape index (κ1) is 14.6. The number of carboxylic acids is 1. The van der Waals surface area contributed by atoms with Crippen molar-refractivity contribution < 1.29 is 15.0 Å². The van der Waals surface area contributed by atoms with Crippen LogP contribution in [0.25, 0.3) is 0 Å². The highest BCUT2D eigenvalue weighted by Crippen LogP contribution is 2.39. The molecule has 3 N–H and O–H groups in total. The van der Waals surface area contributed by atoms with E-state index in [4.69, 9.17) is 0 Å². The van der Waals surface area contributed by atoms with E-state index in [1.54, 1.807) is 12.1 Å². The molecule has 0 spiro atoms. The van der Waals surface area contributed by atoms with Crippen LogP contribution in [-0.4, -0.2) is 21.0 Å². The second-order valence-electron chi connectivity index (χ2n) is 6.74. The van der Waals surface area contributed by atoms with Crippen LogP contribution in [0.1, 0.15) is 58.2 Å². The normalized spacial score (nSPS) is 12.6. The van der Waals surface area contributed by atoms with Crippen molar-refractivity contribution in [2.24, 2.45) is 0 Å². The number of phenolic OH excluding ortho intramolecular Hbond substituents is 1. The molecule has 0 fully saturated rings. The number of aromatic carboxylic acids is 1. The molecule has 18 heavy (non-hydrogen) atoms. The fraction of sp³-hybridized carbons (Fsp3) is 0.533. The first-order chi connectivity index (χ1) is 7.94. The van der Waals surface area contributed by atoms with Crippen LogP contribution in [-0.2, 0) is 10.8 Å². The topological polar surface area (TPSA) is 61.9 Å². The average Bonchev–Trinajstić information content (AvgIpc) is 2.13. The van der Waals surface area contributed by atoms with E-state index in [9.17, 15) is 15.0 Å². The molecule has 0 aliphatic rings. The standard InChI is InChI=1S/C15H22O3/c1-14(2,3)10-7-9(13(17)18)8-11(12(10)16)15(4,5)6/h7-8,16H,1-6H3,(H,17,18)/p+1. The molecule has 0 bridgehead atoms. The maximum Gasteiger partial charge on any atom is 0.515 e. The zero-order chi connectivity index (χ0) is 14.3. The Kier molecular flexibility index (Phi) is 3.48. The molecule has 1 aromatic carbocycles. The lowest BCUT2D eigenvalue weighted by atomic mass is 9.78. The first-order valence-corrected chi connectivity index (χ1v) is 6.08. The molecule has 0 saturated carbocycles. The van der Waals surface area contributed by atoms with Gasteiger partial charge in [0.05, 0.1) is 0 Å². The first-order valence-electron chi connectivity index (χ1n) is 6.08. The summed E-state index contributed by atoms with van der Waals surface area (Å²) in [7, 11) is 0. The summed E-state index contributed by atoms with van der Waals surface area (Å²) in [5.74, 6) is -0.481. The minimum Gasteiger partial charge on any atom is -0.507 e. The molecule has 0 radical (unpaired) electrons. The minimum absolute atomic E-state index is 0.236. The van der Waals surface area contributed by atoms with Gasteiger partial charge in [0.25, 0.3) is 0 Å². The summed E-state index contributed by atoms with van der Waals surface area (Å²) < 4.78 is 0. The van der Waals surface area contributed by atoms with Crippen molar-refractivity contribution in [1.29, 1.82) is 0 Å². The number of aromatic hydroxyl groups is 1. The fourth-order valence-electron chi connectivity index (χ4n) is 1.91. The maximum absolute atomic E-state index is 10.4. The molecule has 0 saturated heterocycles. The summed E-state index contributed by atoms with van der Waals surface area (Å²) in [5.41, 5.74) is 1.23. The summed E-state index contributed by atoms with van der Waals surface area (Å²) in [6, 6.07) is 3.25. The van der Waals surface area contributed by atoms with Gasteiger partial charge in [0, 0.05) is 11.1 Å². The van der Waals surface area contributed by atoms with Gasteiger partial charge in [0.15, 0.2) is 0 Å². The molecular weight excluding hydrogens is 228 g/mol. The molecule has 1 aromatic rings. The quantitative estimate of drug-likeness (QED) is 0.751. The lowest BCUT2D eigenvalue weighted by Crippen LogP contribution is -2.19. The minimum atomic E-state index is -0.717. The van der Waals surface area contributed by atoms with Gasteiger partial charge < -0.3 is 15.0 Å². The van der Waals surface area contributed by atoms with Gasteiger partial charge in [-0.15, -0.1) is 0 Å². The zero-order valence-electron chi connectivity index (χ0n) is 12.0. The van der Waals surface area contributed by atoms with Gasteiger partial charge in [-0.2, -0.15) is 0 Å². The highest BCUT2D eigenvalue weighted by molar-refractivity contribution is 5.89. The third kappa shape index (κ3) is 2.84. The van der Waals surface area contributed by atoms with Crippen LogP contribution in [0.4, 0.5) is 0 Å². The van der Waals surface area contributed by atoms with Gasteiger partial charge in [-0.1, -0.05) is 41.5 Å². The van der Waals surface area contributed by atoms with Crippen LogP contribution < -0.4 is 0 Å². The largest absolute Gasteiger partial charge is 0.515 e. The summed E-state index contributed by atoms with van der Waals surface area (Å²) in [6.07, 6.45) is 0. The van der Waals surface area contributed by atoms with E-state index < -0.39 is 5.97 Å². The molecule has 1 rings (SSSR count). The van der Waals surface area contributed by atoms with Gasteiger partial charge in [0.1, 0.15) is 11.3 Å². The number of hydrogen-bond donors (Lipinski definition) is 2. The third-order valence-electron chi connectivity index (χ3n) is 2.98. The van der Waals surface area contributed by atoms with Crippen molar-refractivity contribution >= 4 is 5.97 Å². The Morgan fingerprint density at radius 2 is 1.28 bits per heavy atom. The summed E-state index contributed by atoms with van der Waals surface area (Å²) in [5, 5.41) is 19.7. The molecule has 3 heteroatoms. The van der Waals surface area contributed by atoms with Crippen molar-refractivity contribution in [3.05, 3.63) is 28.8 Å². The Balaban J connectivity index is 3.64. The predicted octanol–water partition coefficient (Wildman–Crippen LogP) is 3.40. The molecule has 3 nitrogen and oxygen atoms in total. The van der Waals surface area contributed by atoms with E-state index in [1.165, 1.54) is 0 Å². The molecule has 0 aliphatic carbocycles. The number of phenols is 1. The fourth-order valence-corrected chi connectivity index (χ4v) is 1.91. The number of hydrogen-bond acceptors (Lipinski definition) is 1. The average molecular weight is 251 g/mol. The Morgan fingerprint density at radius 3 is 1.50 bits per heavy atom. The molecular formula is C15H23O3+. The van der Waals surface area contributed by atoms with Crippen molar-refractivity contribution in [3.8, 4) is 5.75 Å². The Morgan fingerprint density at radius 1 is 0.944 bits per heavy atom. The number of aliphatic hydroxyl groups excluding tert-OH is 1. The second kappa shape index (κ2) is 4.30. The Bertz CT molecular complexity index is 438. The second-order valence-corrected chi connectivity index (χ2v) is 6.74. The molecule has 0 aliphatic heterocycles. The van der Waals surface area contributed by atoms with Crippen LogP contribution in [0.3, 0.4) is 0 Å². The van der Waals surface area contributed by atoms with Crippen LogP contribution in [0.2, 0.25) is 0 Å². The van der Waals surface area contributed by atoms with Gasteiger partial charge in [-0.05, 0) is 23.0 Å². The van der Waals surface area contributed by atoms with Crippen LogP contribution in [0.5, 0.6) is 5.75 Å². The van der Waals surface area contributed by atoms with Crippen molar-refractivity contribution in [2.75, 3.05) is 0 Å². The molecule has 0 aromatic heterocycles. The highest BCUT2D eigenvalue weighted by Gasteiger charge is 2.28. The SMILES string of the molecule is CC(C)(C)c1cc(C(O)=[OH+])cc(C(C)(C)C)c1O. The van der Waals surface area contributed by atoms with E-state index >= 15 is 0 Å². The van der Waals surface area contributed by atoms with Gasteiger partial charge in [-0.25, -0.2) is 0 Å². The lowest BCUT2D eigenvalue weighted by Gasteiger charge is -2.27. The Labute approximate surface area is 108 Å². The maximum atomic E-state index is 10.4. The van der Waals surface area contributed by atoms with E-state index in [0.717, 1.165) is 0 Å². The third-order valence-corrected chi connectivity index (χ3v) is 2.98. The number of rotatable bonds is 1. The van der Waals surface area contributed by atoms with Gasteiger partial charge >= 0.3 is 5.97 Å². The molecule has 100 valence electrons. The molecule has 0 unspecified atom stereocenters. The van der Waals surface area contributed by atoms with Crippen molar-refractivity contribution in [2.45, 2.75) is 52.4 Å². The number of benzene rings is 1. The molecule has 0 amide bonds. The smallest absolute Gasteiger partial charge is 0.507 e. The van der Waals surface area contributed by atoms with E-state index in [-0.39, 0.29) is 16.6 Å². The lowest BCUT2D eigenvalue weighted by molar-refractivity contribution is 0.422. The predicted molar refractivity (Wildman–Crippen MR) is 74.2 cm³/mol. The van der Waals surface area contributed by atoms with E-state index in [2.05, 4.69) is 0 Å². The van der Waals surface area contributed by atoms with Crippen LogP contribution >= 0.6 is 0 Å².